The fourth-order valence-electron chi connectivity index (χ4n) is 1.54. The first-order valence-electron chi connectivity index (χ1n) is 6.32. The van der Waals surface area contributed by atoms with Gasteiger partial charge in [0.25, 0.3) is 0 Å². The summed E-state index contributed by atoms with van der Waals surface area (Å²) in [4.78, 5) is 23.4. The number of methoxy groups -OCH3 is 1. The molecule has 1 rings (SSSR count). The van der Waals surface area contributed by atoms with Gasteiger partial charge in [0.1, 0.15) is 5.75 Å². The molecule has 0 N–H and O–H groups in total. The summed E-state index contributed by atoms with van der Waals surface area (Å²) in [6.07, 6.45) is 1.14. The predicted molar refractivity (Wildman–Crippen MR) is 74.2 cm³/mol. The van der Waals surface area contributed by atoms with Crippen LogP contribution < -0.4 is 4.74 Å². The second-order valence-electron chi connectivity index (χ2n) is 3.76. The van der Waals surface area contributed by atoms with E-state index in [4.69, 9.17) is 14.2 Å². The van der Waals surface area contributed by atoms with Crippen molar-refractivity contribution < 1.29 is 23.8 Å². The second-order valence-corrected chi connectivity index (χ2v) is 3.76. The predicted octanol–water partition coefficient (Wildman–Crippen LogP) is 2.20. The number of hydrogen-bond donors (Lipinski definition) is 0. The maximum absolute atomic E-state index is 11.9. The van der Waals surface area contributed by atoms with E-state index >= 15 is 0 Å². The molecule has 5 nitrogen and oxygen atoms in total. The first kappa shape index (κ1) is 15.8. The van der Waals surface area contributed by atoms with Crippen molar-refractivity contribution in [3.05, 3.63) is 35.9 Å². The van der Waals surface area contributed by atoms with E-state index in [0.717, 1.165) is 6.08 Å². The molecule has 0 atom stereocenters. The molecule has 0 heterocycles. The monoisotopic (exact) mass is 278 g/mol. The quantitative estimate of drug-likeness (QED) is 0.589. The zero-order valence-electron chi connectivity index (χ0n) is 11.8. The van der Waals surface area contributed by atoms with Crippen molar-refractivity contribution in [3.8, 4) is 5.75 Å². The third kappa shape index (κ3) is 4.42. The minimum absolute atomic E-state index is 0.160. The van der Waals surface area contributed by atoms with Crippen LogP contribution in [-0.2, 0) is 19.1 Å². The first-order valence-corrected chi connectivity index (χ1v) is 6.32. The largest absolute Gasteiger partial charge is 0.497 e. The Morgan fingerprint density at radius 2 is 1.65 bits per heavy atom. The van der Waals surface area contributed by atoms with Crippen molar-refractivity contribution in [2.45, 2.75) is 13.8 Å². The molecule has 5 heteroatoms. The molecule has 1 aromatic carbocycles. The minimum atomic E-state index is -0.577. The first-order chi connectivity index (χ1) is 9.62. The van der Waals surface area contributed by atoms with Crippen LogP contribution in [0.4, 0.5) is 0 Å². The van der Waals surface area contributed by atoms with Crippen LogP contribution in [0, 0.1) is 0 Å². The van der Waals surface area contributed by atoms with Gasteiger partial charge in [0.2, 0.25) is 0 Å². The highest BCUT2D eigenvalue weighted by Crippen LogP contribution is 2.20. The van der Waals surface area contributed by atoms with Gasteiger partial charge in [-0.25, -0.2) is 9.59 Å². The highest BCUT2D eigenvalue weighted by atomic mass is 16.5. The van der Waals surface area contributed by atoms with E-state index in [1.54, 1.807) is 45.2 Å². The van der Waals surface area contributed by atoms with Gasteiger partial charge in [-0.05, 0) is 31.5 Å². The molecule has 0 saturated heterocycles. The smallest absolute Gasteiger partial charge is 0.338 e. The van der Waals surface area contributed by atoms with Crippen molar-refractivity contribution in [1.82, 2.24) is 0 Å². The van der Waals surface area contributed by atoms with Crippen LogP contribution in [0.25, 0.3) is 5.57 Å². The zero-order valence-corrected chi connectivity index (χ0v) is 11.8. The number of rotatable bonds is 6. The van der Waals surface area contributed by atoms with Gasteiger partial charge in [0.15, 0.2) is 0 Å². The minimum Gasteiger partial charge on any atom is -0.497 e. The maximum Gasteiger partial charge on any atom is 0.338 e. The zero-order chi connectivity index (χ0) is 15.0. The van der Waals surface area contributed by atoms with Gasteiger partial charge in [-0.1, -0.05) is 12.1 Å². The molecular formula is C15H18O5. The lowest BCUT2D eigenvalue weighted by atomic mass is 10.1. The van der Waals surface area contributed by atoms with Crippen LogP contribution in [0.3, 0.4) is 0 Å². The van der Waals surface area contributed by atoms with Crippen molar-refractivity contribution >= 4 is 17.5 Å². The summed E-state index contributed by atoms with van der Waals surface area (Å²) in [6, 6.07) is 6.77. The second kappa shape index (κ2) is 7.99. The number of carbonyl (C=O) groups is 2. The Kier molecular flexibility index (Phi) is 6.29. The van der Waals surface area contributed by atoms with Crippen molar-refractivity contribution in [1.29, 1.82) is 0 Å². The fraction of sp³-hybridized carbons (Fsp3) is 0.333. The van der Waals surface area contributed by atoms with Crippen molar-refractivity contribution in [2.24, 2.45) is 0 Å². The molecule has 0 unspecified atom stereocenters. The summed E-state index contributed by atoms with van der Waals surface area (Å²) in [5.41, 5.74) is 0.727. The van der Waals surface area contributed by atoms with Crippen molar-refractivity contribution in [3.63, 3.8) is 0 Å². The summed E-state index contributed by atoms with van der Waals surface area (Å²) in [7, 11) is 1.55. The number of benzene rings is 1. The Hall–Kier alpha value is -2.30. The van der Waals surface area contributed by atoms with Gasteiger partial charge >= 0.3 is 11.9 Å². The van der Waals surface area contributed by atoms with E-state index in [1.165, 1.54) is 0 Å². The Balaban J connectivity index is 3.08. The molecular weight excluding hydrogens is 260 g/mol. The van der Waals surface area contributed by atoms with Crippen LogP contribution in [-0.4, -0.2) is 32.3 Å². The summed E-state index contributed by atoms with van der Waals surface area (Å²) in [5.74, 6) is -0.481. The Morgan fingerprint density at radius 1 is 1.05 bits per heavy atom. The normalized spacial score (nSPS) is 10.8. The highest BCUT2D eigenvalue weighted by Gasteiger charge is 2.15. The lowest BCUT2D eigenvalue weighted by Gasteiger charge is -2.08. The molecule has 1 aromatic rings. The molecule has 0 radical (unpaired) electrons. The standard InChI is InChI=1S/C15H18O5/c1-4-19-14(16)10-13(15(17)20-5-2)11-6-8-12(18-3)9-7-11/h6-10H,4-5H2,1-3H3/b13-10-. The fourth-order valence-corrected chi connectivity index (χ4v) is 1.54. The van der Waals surface area contributed by atoms with E-state index < -0.39 is 11.9 Å². The summed E-state index contributed by atoms with van der Waals surface area (Å²) in [5, 5.41) is 0. The summed E-state index contributed by atoms with van der Waals surface area (Å²) >= 11 is 0. The molecule has 0 saturated carbocycles. The van der Waals surface area contributed by atoms with Gasteiger partial charge in [-0.15, -0.1) is 0 Å². The van der Waals surface area contributed by atoms with Gasteiger partial charge < -0.3 is 14.2 Å². The average Bonchev–Trinajstić information content (AvgIpc) is 2.45. The average molecular weight is 278 g/mol. The lowest BCUT2D eigenvalue weighted by molar-refractivity contribution is -0.139. The van der Waals surface area contributed by atoms with Crippen LogP contribution in [0.1, 0.15) is 19.4 Å². The topological polar surface area (TPSA) is 61.8 Å². The Bertz CT molecular complexity index is 487. The summed E-state index contributed by atoms with van der Waals surface area (Å²) in [6.45, 7) is 3.88. The van der Waals surface area contributed by atoms with E-state index in [0.29, 0.717) is 11.3 Å². The number of ether oxygens (including phenoxy) is 3. The number of carbonyl (C=O) groups excluding carboxylic acids is 2. The molecule has 0 fully saturated rings. The van der Waals surface area contributed by atoms with E-state index in [9.17, 15) is 9.59 Å². The SMILES string of the molecule is CCOC(=O)/C=C(\C(=O)OCC)c1ccc(OC)cc1. The third-order valence-corrected chi connectivity index (χ3v) is 2.45. The highest BCUT2D eigenvalue weighted by molar-refractivity contribution is 6.20. The van der Waals surface area contributed by atoms with Gasteiger partial charge in [0, 0.05) is 6.08 Å². The molecule has 0 aliphatic heterocycles. The Morgan fingerprint density at radius 3 is 2.15 bits per heavy atom. The van der Waals surface area contributed by atoms with Gasteiger partial charge in [0.05, 0.1) is 25.9 Å². The number of hydrogen-bond acceptors (Lipinski definition) is 5. The lowest BCUT2D eigenvalue weighted by Crippen LogP contribution is -2.10. The van der Waals surface area contributed by atoms with E-state index in [2.05, 4.69) is 0 Å². The van der Waals surface area contributed by atoms with E-state index in [1.807, 2.05) is 0 Å². The molecule has 0 aliphatic carbocycles. The molecule has 0 aromatic heterocycles. The van der Waals surface area contributed by atoms with E-state index in [-0.39, 0.29) is 18.8 Å². The van der Waals surface area contributed by atoms with Crippen LogP contribution in [0.15, 0.2) is 30.3 Å². The van der Waals surface area contributed by atoms with Gasteiger partial charge in [-0.2, -0.15) is 0 Å². The molecule has 108 valence electrons. The van der Waals surface area contributed by atoms with Crippen LogP contribution >= 0.6 is 0 Å². The molecule has 0 bridgehead atoms. The Labute approximate surface area is 118 Å². The summed E-state index contributed by atoms with van der Waals surface area (Å²) < 4.78 is 14.8. The molecule has 0 aliphatic rings. The molecule has 0 spiro atoms. The number of esters is 2. The van der Waals surface area contributed by atoms with Crippen LogP contribution in [0.5, 0.6) is 5.75 Å². The third-order valence-electron chi connectivity index (χ3n) is 2.45. The van der Waals surface area contributed by atoms with Gasteiger partial charge in [-0.3, -0.25) is 0 Å². The maximum atomic E-state index is 11.9. The van der Waals surface area contributed by atoms with Crippen LogP contribution in [0.2, 0.25) is 0 Å². The molecule has 20 heavy (non-hydrogen) atoms. The van der Waals surface area contributed by atoms with Crippen molar-refractivity contribution in [2.75, 3.05) is 20.3 Å². The molecule has 0 amide bonds.